The Kier molecular flexibility index (Phi) is 3.98. The number of nitrogens with zero attached hydrogens (tertiary/aromatic N) is 2. The quantitative estimate of drug-likeness (QED) is 0.814. The summed E-state index contributed by atoms with van der Waals surface area (Å²) in [5, 5.41) is 2.89. The van der Waals surface area contributed by atoms with Gasteiger partial charge in [-0.1, -0.05) is 6.07 Å². The molecule has 0 bridgehead atoms. The van der Waals surface area contributed by atoms with Gasteiger partial charge in [0.25, 0.3) is 0 Å². The number of thiazole rings is 1. The lowest BCUT2D eigenvalue weighted by Gasteiger charge is -1.99. The Morgan fingerprint density at radius 1 is 1.47 bits per heavy atom. The topological polar surface area (TPSA) is 42.9 Å². The lowest BCUT2D eigenvalue weighted by atomic mass is 10.1. The van der Waals surface area contributed by atoms with Crippen molar-refractivity contribution in [2.75, 3.05) is 0 Å². The molecule has 88 valence electrons. The Hall–Kier alpha value is -1.55. The third-order valence-electron chi connectivity index (χ3n) is 2.43. The Labute approximate surface area is 105 Å². The van der Waals surface area contributed by atoms with Crippen LogP contribution in [0.15, 0.2) is 29.9 Å². The molecule has 17 heavy (non-hydrogen) atoms. The summed E-state index contributed by atoms with van der Waals surface area (Å²) in [6.45, 7) is 1.94. The molecule has 4 heteroatoms. The largest absolute Gasteiger partial charge is 0.299 e. The molecule has 2 aromatic heterocycles. The van der Waals surface area contributed by atoms with E-state index in [1.165, 1.54) is 0 Å². The molecular formula is C13H14N2OS. The third-order valence-corrected chi connectivity index (χ3v) is 3.40. The van der Waals surface area contributed by atoms with E-state index in [1.807, 2.05) is 24.4 Å². The fourth-order valence-corrected chi connectivity index (χ4v) is 2.37. The van der Waals surface area contributed by atoms with Crippen LogP contribution in [0.1, 0.15) is 22.7 Å². The van der Waals surface area contributed by atoms with Crippen molar-refractivity contribution in [1.29, 1.82) is 0 Å². The number of hydrogen-bond donors (Lipinski definition) is 0. The number of rotatable bonds is 5. The van der Waals surface area contributed by atoms with E-state index in [1.54, 1.807) is 23.7 Å². The van der Waals surface area contributed by atoms with Crippen molar-refractivity contribution in [2.45, 2.75) is 26.2 Å². The zero-order valence-corrected chi connectivity index (χ0v) is 10.5. The molecule has 2 heterocycles. The number of pyridine rings is 1. The molecular weight excluding hydrogens is 232 g/mol. The number of ketones is 1. The minimum Gasteiger partial charge on any atom is -0.299 e. The summed E-state index contributed by atoms with van der Waals surface area (Å²) in [4.78, 5) is 20.1. The summed E-state index contributed by atoms with van der Waals surface area (Å²) < 4.78 is 0. The minimum atomic E-state index is 0.239. The monoisotopic (exact) mass is 246 g/mol. The first kappa shape index (κ1) is 11.9. The molecule has 0 fully saturated rings. The maximum absolute atomic E-state index is 11.7. The molecule has 0 N–H and O–H groups in total. The summed E-state index contributed by atoms with van der Waals surface area (Å²) in [7, 11) is 0. The van der Waals surface area contributed by atoms with E-state index in [0.717, 1.165) is 22.7 Å². The Bertz CT molecular complexity index is 493. The normalized spacial score (nSPS) is 10.4. The summed E-state index contributed by atoms with van der Waals surface area (Å²) in [5.41, 5.74) is 2.10. The molecule has 0 aliphatic carbocycles. The lowest BCUT2D eigenvalue weighted by Crippen LogP contribution is -2.04. The van der Waals surface area contributed by atoms with Gasteiger partial charge in [0.05, 0.1) is 6.42 Å². The fourth-order valence-electron chi connectivity index (χ4n) is 1.57. The predicted octanol–water partition coefficient (Wildman–Crippen LogP) is 2.59. The van der Waals surface area contributed by atoms with Crippen LogP contribution in [0.4, 0.5) is 0 Å². The molecule has 0 amide bonds. The van der Waals surface area contributed by atoms with Gasteiger partial charge in [-0.3, -0.25) is 9.78 Å². The molecule has 3 nitrogen and oxygen atoms in total. The maximum atomic E-state index is 11.7. The van der Waals surface area contributed by atoms with E-state index in [9.17, 15) is 4.79 Å². The Morgan fingerprint density at radius 2 is 2.35 bits per heavy atom. The van der Waals surface area contributed by atoms with Crippen LogP contribution in [0, 0.1) is 6.92 Å². The van der Waals surface area contributed by atoms with Crippen molar-refractivity contribution in [1.82, 2.24) is 9.97 Å². The van der Waals surface area contributed by atoms with Crippen molar-refractivity contribution in [3.63, 3.8) is 0 Å². The second-order valence-electron chi connectivity index (χ2n) is 3.96. The van der Waals surface area contributed by atoms with Gasteiger partial charge in [-0.25, -0.2) is 4.98 Å². The lowest BCUT2D eigenvalue weighted by molar-refractivity contribution is -0.118. The van der Waals surface area contributed by atoms with Crippen LogP contribution in [-0.2, 0) is 17.6 Å². The Morgan fingerprint density at radius 3 is 3.00 bits per heavy atom. The smallest absolute Gasteiger partial charge is 0.140 e. The zero-order valence-electron chi connectivity index (χ0n) is 9.72. The summed E-state index contributed by atoms with van der Waals surface area (Å²) in [6, 6.07) is 3.89. The molecule has 0 aliphatic heterocycles. The maximum Gasteiger partial charge on any atom is 0.140 e. The second-order valence-corrected chi connectivity index (χ2v) is 4.90. The number of carbonyl (C=O) groups excluding carboxylic acids is 1. The molecule has 0 aliphatic rings. The first-order chi connectivity index (χ1) is 8.24. The predicted molar refractivity (Wildman–Crippen MR) is 68.1 cm³/mol. The molecule has 0 atom stereocenters. The van der Waals surface area contributed by atoms with E-state index in [2.05, 4.69) is 9.97 Å². The van der Waals surface area contributed by atoms with Gasteiger partial charge in [0.15, 0.2) is 0 Å². The van der Waals surface area contributed by atoms with Gasteiger partial charge in [-0.15, -0.1) is 11.3 Å². The van der Waals surface area contributed by atoms with Crippen molar-refractivity contribution < 1.29 is 4.79 Å². The third kappa shape index (κ3) is 3.75. The number of carbonyl (C=O) groups is 1. The highest BCUT2D eigenvalue weighted by Crippen LogP contribution is 2.11. The summed E-state index contributed by atoms with van der Waals surface area (Å²) >= 11 is 1.56. The molecule has 0 spiro atoms. The van der Waals surface area contributed by atoms with Gasteiger partial charge in [0.1, 0.15) is 10.8 Å². The first-order valence-corrected chi connectivity index (χ1v) is 6.43. The van der Waals surface area contributed by atoms with Crippen LogP contribution in [0.3, 0.4) is 0 Å². The van der Waals surface area contributed by atoms with Gasteiger partial charge in [0.2, 0.25) is 0 Å². The molecule has 2 rings (SSSR count). The number of aromatic nitrogens is 2. The number of Topliss-reactive ketones (excluding diaryl/α,β-unsaturated/α-hetero) is 1. The van der Waals surface area contributed by atoms with Gasteiger partial charge < -0.3 is 0 Å². The molecule has 0 radical (unpaired) electrons. The van der Waals surface area contributed by atoms with Crippen LogP contribution in [0.5, 0.6) is 0 Å². The van der Waals surface area contributed by atoms with E-state index in [4.69, 9.17) is 0 Å². The van der Waals surface area contributed by atoms with E-state index < -0.39 is 0 Å². The highest BCUT2D eigenvalue weighted by Gasteiger charge is 2.07. The molecule has 0 aromatic carbocycles. The average Bonchev–Trinajstić information content (AvgIpc) is 2.73. The standard InChI is InChI=1S/C13H14N2OS/c1-10-9-17-13(15-10)7-12(16)5-4-11-3-2-6-14-8-11/h2-3,6,8-9H,4-5,7H2,1H3. The molecule has 0 saturated heterocycles. The highest BCUT2D eigenvalue weighted by atomic mass is 32.1. The van der Waals surface area contributed by atoms with Crippen LogP contribution < -0.4 is 0 Å². The fraction of sp³-hybridized carbons (Fsp3) is 0.308. The number of hydrogen-bond acceptors (Lipinski definition) is 4. The van der Waals surface area contributed by atoms with Gasteiger partial charge >= 0.3 is 0 Å². The molecule has 0 saturated carbocycles. The van der Waals surface area contributed by atoms with Crippen molar-refractivity contribution >= 4 is 17.1 Å². The van der Waals surface area contributed by atoms with E-state index >= 15 is 0 Å². The van der Waals surface area contributed by atoms with Crippen LogP contribution >= 0.6 is 11.3 Å². The van der Waals surface area contributed by atoms with Gasteiger partial charge in [0, 0.05) is 29.9 Å². The minimum absolute atomic E-state index is 0.239. The number of aryl methyl sites for hydroxylation is 2. The van der Waals surface area contributed by atoms with Gasteiger partial charge in [-0.2, -0.15) is 0 Å². The van der Waals surface area contributed by atoms with Crippen molar-refractivity contribution in [2.24, 2.45) is 0 Å². The average molecular weight is 246 g/mol. The van der Waals surface area contributed by atoms with Crippen molar-refractivity contribution in [3.05, 3.63) is 46.2 Å². The van der Waals surface area contributed by atoms with E-state index in [0.29, 0.717) is 12.8 Å². The van der Waals surface area contributed by atoms with Crippen LogP contribution in [0.2, 0.25) is 0 Å². The first-order valence-electron chi connectivity index (χ1n) is 5.55. The zero-order chi connectivity index (χ0) is 12.1. The summed E-state index contributed by atoms with van der Waals surface area (Å²) in [5.74, 6) is 0.239. The summed E-state index contributed by atoms with van der Waals surface area (Å²) in [6.07, 6.45) is 5.32. The Balaban J connectivity index is 1.82. The second kappa shape index (κ2) is 5.68. The SMILES string of the molecule is Cc1csc(CC(=O)CCc2cccnc2)n1. The van der Waals surface area contributed by atoms with Crippen LogP contribution in [-0.4, -0.2) is 15.8 Å². The van der Waals surface area contributed by atoms with Gasteiger partial charge in [-0.05, 0) is 25.0 Å². The molecule has 2 aromatic rings. The molecule has 0 unspecified atom stereocenters. The van der Waals surface area contributed by atoms with Crippen molar-refractivity contribution in [3.8, 4) is 0 Å². The van der Waals surface area contributed by atoms with E-state index in [-0.39, 0.29) is 5.78 Å². The van der Waals surface area contributed by atoms with Crippen LogP contribution in [0.25, 0.3) is 0 Å². The highest BCUT2D eigenvalue weighted by molar-refractivity contribution is 7.09.